The van der Waals surface area contributed by atoms with E-state index in [4.69, 9.17) is 17.5 Å². The van der Waals surface area contributed by atoms with Gasteiger partial charge in [-0.25, -0.2) is 9.67 Å². The van der Waals surface area contributed by atoms with E-state index in [-0.39, 0.29) is 0 Å². The summed E-state index contributed by atoms with van der Waals surface area (Å²) in [5.41, 5.74) is 1.75. The number of hydrogen-bond donors (Lipinski definition) is 1. The monoisotopic (exact) mass is 403 g/mol. The van der Waals surface area contributed by atoms with Crippen molar-refractivity contribution in [3.05, 3.63) is 70.4 Å². The number of hydrogen-bond acceptors (Lipinski definition) is 6. The van der Waals surface area contributed by atoms with Crippen LogP contribution in [0.4, 0.5) is 5.82 Å². The summed E-state index contributed by atoms with van der Waals surface area (Å²) in [6, 6.07) is 15.8. The molecule has 8 heteroatoms. The minimum absolute atomic E-state index is 0.545. The maximum Gasteiger partial charge on any atom is 0.217 e. The summed E-state index contributed by atoms with van der Waals surface area (Å²) in [5, 5.41) is 12.3. The maximum atomic E-state index is 9.07. The van der Waals surface area contributed by atoms with Crippen molar-refractivity contribution in [1.29, 1.82) is 5.26 Å². The third-order valence-electron chi connectivity index (χ3n) is 4.84. The lowest BCUT2D eigenvalue weighted by molar-refractivity contribution is 0.194. The van der Waals surface area contributed by atoms with Gasteiger partial charge in [0.05, 0.1) is 18.3 Å². The van der Waals surface area contributed by atoms with Gasteiger partial charge in [-0.2, -0.15) is 10.2 Å². The first-order valence-corrected chi connectivity index (χ1v) is 9.85. The molecule has 1 aromatic carbocycles. The highest BCUT2D eigenvalue weighted by Crippen LogP contribution is 2.15. The Morgan fingerprint density at radius 2 is 1.90 bits per heavy atom. The van der Waals surface area contributed by atoms with Gasteiger partial charge in [-0.3, -0.25) is 10.00 Å². The lowest BCUT2D eigenvalue weighted by atomic mass is 10.2. The average molecular weight is 404 g/mol. The van der Waals surface area contributed by atoms with Crippen LogP contribution in [0.15, 0.2) is 48.7 Å². The molecular formula is C21H21N7S. The van der Waals surface area contributed by atoms with Gasteiger partial charge < -0.3 is 4.90 Å². The number of nitrogens with one attached hydrogen (secondary N) is 1. The standard InChI is InChI=1S/C21H21N7S/c22-15-18-8-9-23-20(14-18)27-12-10-26(11-13-27)16-28-21(29)24-19(25-28)7-6-17-4-2-1-3-5-17/h1-9,14H,10-13,16H2,(H,24,25,29)/b7-6+. The quantitative estimate of drug-likeness (QED) is 0.660. The molecule has 1 N–H and O–H groups in total. The minimum Gasteiger partial charge on any atom is -0.354 e. The number of H-pyrrole nitrogens is 1. The summed E-state index contributed by atoms with van der Waals surface area (Å²) in [6.45, 7) is 4.14. The molecular weight excluding hydrogens is 382 g/mol. The van der Waals surface area contributed by atoms with Crippen LogP contribution < -0.4 is 4.90 Å². The third kappa shape index (κ3) is 4.77. The molecule has 3 aromatic rings. The van der Waals surface area contributed by atoms with Crippen molar-refractivity contribution in [1.82, 2.24) is 24.6 Å². The fraction of sp³-hybridized carbons (Fsp3) is 0.238. The topological polar surface area (TPSA) is 76.8 Å². The molecule has 4 rings (SSSR count). The number of nitriles is 1. The van der Waals surface area contributed by atoms with E-state index in [1.165, 1.54) is 0 Å². The molecule has 7 nitrogen and oxygen atoms in total. The molecule has 0 spiro atoms. The first-order valence-electron chi connectivity index (χ1n) is 9.45. The zero-order valence-corrected chi connectivity index (χ0v) is 16.7. The zero-order valence-electron chi connectivity index (χ0n) is 15.9. The van der Waals surface area contributed by atoms with E-state index >= 15 is 0 Å². The van der Waals surface area contributed by atoms with Crippen molar-refractivity contribution in [3.8, 4) is 6.07 Å². The number of aromatic nitrogens is 4. The Kier molecular flexibility index (Phi) is 5.79. The highest BCUT2D eigenvalue weighted by atomic mass is 32.1. The number of nitrogens with zero attached hydrogens (tertiary/aromatic N) is 6. The van der Waals surface area contributed by atoms with Crippen molar-refractivity contribution >= 4 is 30.2 Å². The van der Waals surface area contributed by atoms with Gasteiger partial charge in [0.1, 0.15) is 11.6 Å². The van der Waals surface area contributed by atoms with Crippen LogP contribution in [0, 0.1) is 16.1 Å². The molecule has 0 amide bonds. The number of piperazine rings is 1. The van der Waals surface area contributed by atoms with E-state index in [0.717, 1.165) is 43.4 Å². The molecule has 1 aliphatic rings. The van der Waals surface area contributed by atoms with Gasteiger partial charge in [-0.05, 0) is 36.0 Å². The molecule has 1 aliphatic heterocycles. The molecule has 29 heavy (non-hydrogen) atoms. The van der Waals surface area contributed by atoms with Crippen molar-refractivity contribution < 1.29 is 0 Å². The smallest absolute Gasteiger partial charge is 0.217 e. The van der Waals surface area contributed by atoms with Gasteiger partial charge >= 0.3 is 0 Å². The number of pyridine rings is 1. The van der Waals surface area contributed by atoms with Crippen LogP contribution in [0.2, 0.25) is 0 Å². The number of benzene rings is 1. The van der Waals surface area contributed by atoms with Crippen LogP contribution in [0.5, 0.6) is 0 Å². The number of aromatic amines is 1. The summed E-state index contributed by atoms with van der Waals surface area (Å²) in [7, 11) is 0. The third-order valence-corrected chi connectivity index (χ3v) is 5.15. The normalized spacial score (nSPS) is 14.9. The van der Waals surface area contributed by atoms with Crippen molar-refractivity contribution in [2.24, 2.45) is 0 Å². The Bertz CT molecular complexity index is 1090. The predicted octanol–water partition coefficient (Wildman–Crippen LogP) is 3.16. The molecule has 0 radical (unpaired) electrons. The number of anilines is 1. The fourth-order valence-corrected chi connectivity index (χ4v) is 3.47. The molecule has 1 fully saturated rings. The van der Waals surface area contributed by atoms with Gasteiger partial charge in [-0.15, -0.1) is 0 Å². The van der Waals surface area contributed by atoms with Crippen molar-refractivity contribution in [2.45, 2.75) is 6.67 Å². The molecule has 3 heterocycles. The molecule has 1 saturated heterocycles. The molecule has 0 aliphatic carbocycles. The average Bonchev–Trinajstić information content (AvgIpc) is 3.12. The number of rotatable bonds is 5. The molecule has 0 bridgehead atoms. The minimum atomic E-state index is 0.545. The van der Waals surface area contributed by atoms with Crippen LogP contribution in [-0.4, -0.2) is 50.8 Å². The van der Waals surface area contributed by atoms with Crippen LogP contribution >= 0.6 is 12.2 Å². The largest absolute Gasteiger partial charge is 0.354 e. The van der Waals surface area contributed by atoms with Gasteiger partial charge in [0.15, 0.2) is 0 Å². The lowest BCUT2D eigenvalue weighted by Gasteiger charge is -2.35. The van der Waals surface area contributed by atoms with E-state index in [2.05, 4.69) is 30.9 Å². The van der Waals surface area contributed by atoms with Gasteiger partial charge in [0.25, 0.3) is 0 Å². The summed E-state index contributed by atoms with van der Waals surface area (Å²) in [5.74, 6) is 1.60. The maximum absolute atomic E-state index is 9.07. The van der Waals surface area contributed by atoms with E-state index in [1.807, 2.05) is 53.2 Å². The van der Waals surface area contributed by atoms with E-state index in [9.17, 15) is 0 Å². The first-order chi connectivity index (χ1) is 14.2. The highest BCUT2D eigenvalue weighted by molar-refractivity contribution is 7.71. The Balaban J connectivity index is 1.36. The van der Waals surface area contributed by atoms with Gasteiger partial charge in [0, 0.05) is 32.4 Å². The Labute approximate surface area is 174 Å². The fourth-order valence-electron chi connectivity index (χ4n) is 3.26. The molecule has 2 aromatic heterocycles. The summed E-state index contributed by atoms with van der Waals surface area (Å²) in [6.07, 6.45) is 5.64. The highest BCUT2D eigenvalue weighted by Gasteiger charge is 2.19. The second kappa shape index (κ2) is 8.82. The van der Waals surface area contributed by atoms with E-state index < -0.39 is 0 Å². The van der Waals surface area contributed by atoms with Crippen LogP contribution in [-0.2, 0) is 6.67 Å². The Hall–Kier alpha value is -3.28. The second-order valence-corrected chi connectivity index (χ2v) is 7.19. The second-order valence-electron chi connectivity index (χ2n) is 6.82. The molecule has 0 unspecified atom stereocenters. The van der Waals surface area contributed by atoms with Gasteiger partial charge in [-0.1, -0.05) is 36.4 Å². The van der Waals surface area contributed by atoms with E-state index in [1.54, 1.807) is 12.3 Å². The van der Waals surface area contributed by atoms with Gasteiger partial charge in [0.2, 0.25) is 4.77 Å². The Morgan fingerprint density at radius 3 is 2.66 bits per heavy atom. The molecule has 0 atom stereocenters. The van der Waals surface area contributed by atoms with Crippen molar-refractivity contribution in [3.63, 3.8) is 0 Å². The van der Waals surface area contributed by atoms with Crippen molar-refractivity contribution in [2.75, 3.05) is 31.1 Å². The SMILES string of the molecule is N#Cc1ccnc(N2CCN(Cn3[nH]c(/C=C/c4ccccc4)nc3=S)CC2)c1. The van der Waals surface area contributed by atoms with Crippen LogP contribution in [0.3, 0.4) is 0 Å². The summed E-state index contributed by atoms with van der Waals surface area (Å²) in [4.78, 5) is 13.4. The molecule has 146 valence electrons. The van der Waals surface area contributed by atoms with Crippen LogP contribution in [0.25, 0.3) is 12.2 Å². The summed E-state index contributed by atoms with van der Waals surface area (Å²) >= 11 is 5.41. The zero-order chi connectivity index (χ0) is 20.1. The predicted molar refractivity (Wildman–Crippen MR) is 116 cm³/mol. The first kappa shape index (κ1) is 19.1. The Morgan fingerprint density at radius 1 is 1.10 bits per heavy atom. The molecule has 0 saturated carbocycles. The van der Waals surface area contributed by atoms with E-state index in [0.29, 0.717) is 17.0 Å². The van der Waals surface area contributed by atoms with Crippen LogP contribution in [0.1, 0.15) is 17.0 Å². The summed E-state index contributed by atoms with van der Waals surface area (Å²) < 4.78 is 2.44. The lowest BCUT2D eigenvalue weighted by Crippen LogP contribution is -2.47.